The van der Waals surface area contributed by atoms with Gasteiger partial charge < -0.3 is 5.32 Å². The molecule has 1 saturated carbocycles. The first-order valence-corrected chi connectivity index (χ1v) is 7.04. The van der Waals surface area contributed by atoms with Crippen molar-refractivity contribution >= 4 is 0 Å². The van der Waals surface area contributed by atoms with Gasteiger partial charge in [0.1, 0.15) is 0 Å². The highest BCUT2D eigenvalue weighted by Gasteiger charge is 2.39. The molecule has 1 heterocycles. The number of hydrogen-bond donors (Lipinski definition) is 1. The number of nitrogens with one attached hydrogen (secondary N) is 1. The van der Waals surface area contributed by atoms with E-state index in [2.05, 4.69) is 19.2 Å². The zero-order valence-corrected chi connectivity index (χ0v) is 10.5. The fourth-order valence-corrected chi connectivity index (χ4v) is 3.81. The van der Waals surface area contributed by atoms with Gasteiger partial charge in [-0.3, -0.25) is 0 Å². The van der Waals surface area contributed by atoms with E-state index >= 15 is 0 Å². The smallest absolute Gasteiger partial charge is 0.00723 e. The Morgan fingerprint density at radius 1 is 0.933 bits per heavy atom. The lowest BCUT2D eigenvalue weighted by molar-refractivity contribution is 0.0763. The lowest BCUT2D eigenvalue weighted by Gasteiger charge is -2.47. The molecule has 2 atom stereocenters. The molecule has 2 unspecified atom stereocenters. The van der Waals surface area contributed by atoms with Crippen molar-refractivity contribution in [1.29, 1.82) is 0 Å². The molecule has 0 aromatic rings. The minimum atomic E-state index is 0.741. The minimum Gasteiger partial charge on any atom is -0.311 e. The summed E-state index contributed by atoms with van der Waals surface area (Å²) >= 11 is 0. The molecule has 88 valence electrons. The molecule has 1 aliphatic carbocycles. The standard InChI is InChI=1S/C14H27N/c1-3-12-10-14(8-6-5-7-9-14)11-13(4-2)15-12/h12-13,15H,3-11H2,1-2H3. The summed E-state index contributed by atoms with van der Waals surface area (Å²) in [7, 11) is 0. The van der Waals surface area contributed by atoms with Crippen molar-refractivity contribution in [3.8, 4) is 0 Å². The summed E-state index contributed by atoms with van der Waals surface area (Å²) in [4.78, 5) is 0. The van der Waals surface area contributed by atoms with Crippen molar-refractivity contribution in [1.82, 2.24) is 5.32 Å². The van der Waals surface area contributed by atoms with Crippen LogP contribution in [0.2, 0.25) is 0 Å². The molecule has 0 bridgehead atoms. The number of hydrogen-bond acceptors (Lipinski definition) is 1. The van der Waals surface area contributed by atoms with Gasteiger partial charge in [-0.1, -0.05) is 33.1 Å². The average Bonchev–Trinajstić information content (AvgIpc) is 2.29. The van der Waals surface area contributed by atoms with E-state index in [-0.39, 0.29) is 0 Å². The molecule has 0 radical (unpaired) electrons. The molecule has 1 saturated heterocycles. The van der Waals surface area contributed by atoms with E-state index in [4.69, 9.17) is 0 Å². The maximum absolute atomic E-state index is 3.82. The summed E-state index contributed by atoms with van der Waals surface area (Å²) in [5.74, 6) is 0. The first-order chi connectivity index (χ1) is 7.28. The van der Waals surface area contributed by atoms with E-state index in [9.17, 15) is 0 Å². The van der Waals surface area contributed by atoms with Crippen molar-refractivity contribution in [2.45, 2.75) is 83.7 Å². The highest BCUT2D eigenvalue weighted by molar-refractivity contribution is 4.95. The normalized spacial score (nSPS) is 35.6. The highest BCUT2D eigenvalue weighted by Crippen LogP contribution is 2.46. The van der Waals surface area contributed by atoms with Gasteiger partial charge in [-0.05, 0) is 43.9 Å². The predicted molar refractivity (Wildman–Crippen MR) is 66.0 cm³/mol. The molecular formula is C14H27N. The summed E-state index contributed by atoms with van der Waals surface area (Å²) in [6.07, 6.45) is 13.1. The van der Waals surface area contributed by atoms with Crippen molar-refractivity contribution in [3.63, 3.8) is 0 Å². The summed E-state index contributed by atoms with van der Waals surface area (Å²) in [6, 6.07) is 1.61. The van der Waals surface area contributed by atoms with Gasteiger partial charge in [-0.25, -0.2) is 0 Å². The molecule has 1 heteroatoms. The van der Waals surface area contributed by atoms with Crippen molar-refractivity contribution in [2.75, 3.05) is 0 Å². The van der Waals surface area contributed by atoms with Crippen LogP contribution < -0.4 is 5.32 Å². The maximum atomic E-state index is 3.82. The molecule has 2 aliphatic rings. The average molecular weight is 209 g/mol. The Morgan fingerprint density at radius 2 is 1.47 bits per heavy atom. The Balaban J connectivity index is 2.03. The van der Waals surface area contributed by atoms with Gasteiger partial charge in [0.15, 0.2) is 0 Å². The van der Waals surface area contributed by atoms with Crippen LogP contribution in [0.4, 0.5) is 0 Å². The van der Waals surface area contributed by atoms with Gasteiger partial charge in [0.05, 0.1) is 0 Å². The highest BCUT2D eigenvalue weighted by atomic mass is 15.0. The Labute approximate surface area is 95.0 Å². The van der Waals surface area contributed by atoms with E-state index < -0.39 is 0 Å². The lowest BCUT2D eigenvalue weighted by Crippen LogP contribution is -2.50. The molecule has 1 aliphatic heterocycles. The van der Waals surface area contributed by atoms with Gasteiger partial charge in [-0.15, -0.1) is 0 Å². The second-order valence-electron chi connectivity index (χ2n) is 5.85. The minimum absolute atomic E-state index is 0.741. The monoisotopic (exact) mass is 209 g/mol. The Bertz CT molecular complexity index is 180. The van der Waals surface area contributed by atoms with Gasteiger partial charge in [-0.2, -0.15) is 0 Å². The fraction of sp³-hybridized carbons (Fsp3) is 1.00. The van der Waals surface area contributed by atoms with Crippen LogP contribution in [-0.2, 0) is 0 Å². The van der Waals surface area contributed by atoms with Crippen LogP contribution in [0, 0.1) is 5.41 Å². The largest absolute Gasteiger partial charge is 0.311 e. The van der Waals surface area contributed by atoms with Crippen LogP contribution >= 0.6 is 0 Å². The molecule has 1 spiro atoms. The third-order valence-corrected chi connectivity index (χ3v) is 4.73. The second kappa shape index (κ2) is 4.86. The van der Waals surface area contributed by atoms with E-state index in [1.54, 1.807) is 0 Å². The summed E-state index contributed by atoms with van der Waals surface area (Å²) < 4.78 is 0. The van der Waals surface area contributed by atoms with Crippen LogP contribution in [0.3, 0.4) is 0 Å². The SMILES string of the molecule is CCC1CC2(CCCCC2)CC(CC)N1. The van der Waals surface area contributed by atoms with E-state index in [0.29, 0.717) is 0 Å². The van der Waals surface area contributed by atoms with Crippen LogP contribution in [0.1, 0.15) is 71.6 Å². The number of rotatable bonds is 2. The van der Waals surface area contributed by atoms with Crippen LogP contribution in [0.5, 0.6) is 0 Å². The summed E-state index contributed by atoms with van der Waals surface area (Å²) in [6.45, 7) is 4.68. The Morgan fingerprint density at radius 3 is 1.93 bits per heavy atom. The van der Waals surface area contributed by atoms with Crippen LogP contribution in [0.15, 0.2) is 0 Å². The van der Waals surface area contributed by atoms with Crippen molar-refractivity contribution in [2.24, 2.45) is 5.41 Å². The molecule has 0 amide bonds. The van der Waals surface area contributed by atoms with Gasteiger partial charge in [0.2, 0.25) is 0 Å². The van der Waals surface area contributed by atoms with Crippen LogP contribution in [-0.4, -0.2) is 12.1 Å². The van der Waals surface area contributed by atoms with E-state index in [1.165, 1.54) is 57.8 Å². The zero-order chi connectivity index (χ0) is 10.7. The number of piperidine rings is 1. The lowest BCUT2D eigenvalue weighted by atomic mass is 9.64. The van der Waals surface area contributed by atoms with Gasteiger partial charge in [0, 0.05) is 12.1 Å². The molecule has 2 fully saturated rings. The first kappa shape index (κ1) is 11.4. The van der Waals surface area contributed by atoms with E-state index in [1.807, 2.05) is 0 Å². The Kier molecular flexibility index (Phi) is 3.71. The first-order valence-electron chi connectivity index (χ1n) is 7.04. The zero-order valence-electron chi connectivity index (χ0n) is 10.5. The van der Waals surface area contributed by atoms with Crippen LogP contribution in [0.25, 0.3) is 0 Å². The van der Waals surface area contributed by atoms with Crippen molar-refractivity contribution in [3.05, 3.63) is 0 Å². The third kappa shape index (κ3) is 2.55. The summed E-state index contributed by atoms with van der Waals surface area (Å²) in [5.41, 5.74) is 0.741. The molecule has 1 nitrogen and oxygen atoms in total. The maximum Gasteiger partial charge on any atom is 0.00723 e. The van der Waals surface area contributed by atoms with Crippen molar-refractivity contribution < 1.29 is 0 Å². The topological polar surface area (TPSA) is 12.0 Å². The van der Waals surface area contributed by atoms with E-state index in [0.717, 1.165) is 17.5 Å². The third-order valence-electron chi connectivity index (χ3n) is 4.73. The predicted octanol–water partition coefficient (Wildman–Crippen LogP) is 3.88. The molecule has 0 aromatic heterocycles. The summed E-state index contributed by atoms with van der Waals surface area (Å²) in [5, 5.41) is 3.82. The molecule has 2 rings (SSSR count). The molecular weight excluding hydrogens is 182 g/mol. The van der Waals surface area contributed by atoms with Gasteiger partial charge >= 0.3 is 0 Å². The molecule has 0 aromatic carbocycles. The Hall–Kier alpha value is -0.0400. The molecule has 1 N–H and O–H groups in total. The van der Waals surface area contributed by atoms with Gasteiger partial charge in [0.25, 0.3) is 0 Å². The fourth-order valence-electron chi connectivity index (χ4n) is 3.81. The quantitative estimate of drug-likeness (QED) is 0.728. The second-order valence-corrected chi connectivity index (χ2v) is 5.85. The molecule has 15 heavy (non-hydrogen) atoms.